The first kappa shape index (κ1) is 15.6. The van der Waals surface area contributed by atoms with E-state index in [-0.39, 0.29) is 18.4 Å². The molecule has 2 aromatic rings. The monoisotopic (exact) mass is 308 g/mol. The Hall–Kier alpha value is -1.79. The minimum Gasteiger partial charge on any atom is -0.497 e. The molecule has 0 aliphatic rings. The number of anilines is 1. The Balaban J connectivity index is 2.17. The van der Waals surface area contributed by atoms with Gasteiger partial charge in [-0.2, -0.15) is 0 Å². The SMILES string of the molecule is COc1ccc2c(N)c(C(=O)NCC(C)CCO)sc2c1. The van der Waals surface area contributed by atoms with Crippen molar-refractivity contribution in [3.8, 4) is 5.75 Å². The molecule has 0 aliphatic heterocycles. The molecule has 1 heterocycles. The summed E-state index contributed by atoms with van der Waals surface area (Å²) in [6.07, 6.45) is 0.666. The summed E-state index contributed by atoms with van der Waals surface area (Å²) in [5.41, 5.74) is 6.57. The molecule has 0 fully saturated rings. The second-order valence-electron chi connectivity index (χ2n) is 5.03. The van der Waals surface area contributed by atoms with Crippen LogP contribution in [0.25, 0.3) is 10.1 Å². The molecule has 1 unspecified atom stereocenters. The van der Waals surface area contributed by atoms with Gasteiger partial charge in [-0.1, -0.05) is 6.92 Å². The fraction of sp³-hybridized carbons (Fsp3) is 0.400. The number of hydrogen-bond acceptors (Lipinski definition) is 5. The van der Waals surface area contributed by atoms with Gasteiger partial charge in [-0.3, -0.25) is 4.79 Å². The van der Waals surface area contributed by atoms with Gasteiger partial charge in [-0.05, 0) is 30.5 Å². The van der Waals surface area contributed by atoms with E-state index < -0.39 is 0 Å². The average Bonchev–Trinajstić information content (AvgIpc) is 2.81. The summed E-state index contributed by atoms with van der Waals surface area (Å²) in [5.74, 6) is 0.805. The highest BCUT2D eigenvalue weighted by molar-refractivity contribution is 7.21. The summed E-state index contributed by atoms with van der Waals surface area (Å²) in [6, 6.07) is 5.57. The normalized spacial score (nSPS) is 12.3. The summed E-state index contributed by atoms with van der Waals surface area (Å²) >= 11 is 1.36. The number of ether oxygens (including phenoxy) is 1. The molecule has 4 N–H and O–H groups in total. The first-order valence-electron chi connectivity index (χ1n) is 6.82. The van der Waals surface area contributed by atoms with Crippen LogP contribution in [0, 0.1) is 5.92 Å². The van der Waals surface area contributed by atoms with Gasteiger partial charge < -0.3 is 20.9 Å². The van der Waals surface area contributed by atoms with Crippen LogP contribution in [0.5, 0.6) is 5.75 Å². The zero-order chi connectivity index (χ0) is 15.4. The quantitative estimate of drug-likeness (QED) is 0.764. The van der Waals surface area contributed by atoms with Gasteiger partial charge in [-0.15, -0.1) is 11.3 Å². The van der Waals surface area contributed by atoms with Crippen LogP contribution in [-0.2, 0) is 0 Å². The lowest BCUT2D eigenvalue weighted by Gasteiger charge is -2.10. The molecule has 1 aromatic carbocycles. The number of aliphatic hydroxyl groups excluding tert-OH is 1. The number of aliphatic hydroxyl groups is 1. The van der Waals surface area contributed by atoms with Crippen molar-refractivity contribution in [2.75, 3.05) is 26.0 Å². The Labute approximate surface area is 127 Å². The molecule has 0 aliphatic carbocycles. The fourth-order valence-corrected chi connectivity index (χ4v) is 3.13. The molecule has 0 radical (unpaired) electrons. The van der Waals surface area contributed by atoms with Gasteiger partial charge in [0.05, 0.1) is 12.8 Å². The minimum absolute atomic E-state index is 0.127. The third-order valence-electron chi connectivity index (χ3n) is 3.37. The van der Waals surface area contributed by atoms with E-state index in [9.17, 15) is 4.79 Å². The van der Waals surface area contributed by atoms with Crippen molar-refractivity contribution in [2.24, 2.45) is 5.92 Å². The third kappa shape index (κ3) is 3.46. The molecule has 1 amide bonds. The maximum Gasteiger partial charge on any atom is 0.263 e. The number of carbonyl (C=O) groups is 1. The molecule has 6 heteroatoms. The van der Waals surface area contributed by atoms with Crippen LogP contribution in [0.4, 0.5) is 5.69 Å². The molecule has 0 saturated heterocycles. The zero-order valence-electron chi connectivity index (χ0n) is 12.2. The molecule has 0 spiro atoms. The predicted octanol–water partition coefficient (Wildman–Crippen LogP) is 2.24. The average molecular weight is 308 g/mol. The Morgan fingerprint density at radius 2 is 2.29 bits per heavy atom. The van der Waals surface area contributed by atoms with Crippen LogP contribution in [0.2, 0.25) is 0 Å². The van der Waals surface area contributed by atoms with Crippen LogP contribution in [0.3, 0.4) is 0 Å². The number of carbonyl (C=O) groups excluding carboxylic acids is 1. The Bertz CT molecular complexity index is 639. The lowest BCUT2D eigenvalue weighted by molar-refractivity contribution is 0.0950. The van der Waals surface area contributed by atoms with Crippen molar-refractivity contribution < 1.29 is 14.6 Å². The van der Waals surface area contributed by atoms with E-state index in [2.05, 4.69) is 5.32 Å². The molecule has 0 bridgehead atoms. The number of rotatable bonds is 6. The van der Waals surface area contributed by atoms with Gasteiger partial charge in [0.1, 0.15) is 10.6 Å². The van der Waals surface area contributed by atoms with Gasteiger partial charge in [0.2, 0.25) is 0 Å². The Kier molecular flexibility index (Phi) is 5.03. The lowest BCUT2D eigenvalue weighted by Crippen LogP contribution is -2.28. The molecular weight excluding hydrogens is 288 g/mol. The van der Waals surface area contributed by atoms with E-state index >= 15 is 0 Å². The first-order chi connectivity index (χ1) is 10.1. The van der Waals surface area contributed by atoms with Gasteiger partial charge in [-0.25, -0.2) is 0 Å². The Morgan fingerprint density at radius 3 is 2.95 bits per heavy atom. The number of methoxy groups -OCH3 is 1. The van der Waals surface area contributed by atoms with Gasteiger partial charge >= 0.3 is 0 Å². The maximum absolute atomic E-state index is 12.2. The van der Waals surface area contributed by atoms with Crippen LogP contribution in [0.15, 0.2) is 18.2 Å². The second kappa shape index (κ2) is 6.78. The number of thiophene rings is 1. The van der Waals surface area contributed by atoms with Crippen LogP contribution in [-0.4, -0.2) is 31.3 Å². The highest BCUT2D eigenvalue weighted by Gasteiger charge is 2.17. The molecule has 114 valence electrons. The maximum atomic E-state index is 12.2. The van der Waals surface area contributed by atoms with Gasteiger partial charge in [0, 0.05) is 23.2 Å². The molecular formula is C15H20N2O3S. The number of hydrogen-bond donors (Lipinski definition) is 3. The van der Waals surface area contributed by atoms with Crippen molar-refractivity contribution in [3.63, 3.8) is 0 Å². The number of fused-ring (bicyclic) bond motifs is 1. The van der Waals surface area contributed by atoms with Gasteiger partial charge in [0.15, 0.2) is 0 Å². The van der Waals surface area contributed by atoms with E-state index in [0.29, 0.717) is 23.5 Å². The summed E-state index contributed by atoms with van der Waals surface area (Å²) in [7, 11) is 1.61. The van der Waals surface area contributed by atoms with E-state index in [1.807, 2.05) is 25.1 Å². The second-order valence-corrected chi connectivity index (χ2v) is 6.09. The van der Waals surface area contributed by atoms with Crippen LogP contribution in [0.1, 0.15) is 23.0 Å². The highest BCUT2D eigenvalue weighted by atomic mass is 32.1. The van der Waals surface area contributed by atoms with Crippen molar-refractivity contribution >= 4 is 33.0 Å². The molecule has 5 nitrogen and oxygen atoms in total. The molecule has 1 atom stereocenters. The van der Waals surface area contributed by atoms with E-state index in [4.69, 9.17) is 15.6 Å². The van der Waals surface area contributed by atoms with Gasteiger partial charge in [0.25, 0.3) is 5.91 Å². The smallest absolute Gasteiger partial charge is 0.263 e. The summed E-state index contributed by atoms with van der Waals surface area (Å²) in [6.45, 7) is 2.63. The van der Waals surface area contributed by atoms with Crippen LogP contribution < -0.4 is 15.8 Å². The largest absolute Gasteiger partial charge is 0.497 e. The number of nitrogens with one attached hydrogen (secondary N) is 1. The fourth-order valence-electron chi connectivity index (χ4n) is 2.06. The van der Waals surface area contributed by atoms with Crippen LogP contribution >= 0.6 is 11.3 Å². The Morgan fingerprint density at radius 1 is 1.52 bits per heavy atom. The standard InChI is InChI=1S/C15H20N2O3S/c1-9(5-6-18)8-17-15(19)14-13(16)11-4-3-10(20-2)7-12(11)21-14/h3-4,7,9,18H,5-6,8,16H2,1-2H3,(H,17,19). The molecule has 2 rings (SSSR count). The van der Waals surface area contributed by atoms with E-state index in [0.717, 1.165) is 15.8 Å². The topological polar surface area (TPSA) is 84.6 Å². The molecule has 21 heavy (non-hydrogen) atoms. The molecule has 0 saturated carbocycles. The van der Waals surface area contributed by atoms with Crippen molar-refractivity contribution in [1.29, 1.82) is 0 Å². The summed E-state index contributed by atoms with van der Waals surface area (Å²) in [5, 5.41) is 12.6. The predicted molar refractivity (Wildman–Crippen MR) is 86.0 cm³/mol. The van der Waals surface area contributed by atoms with Crippen molar-refractivity contribution in [2.45, 2.75) is 13.3 Å². The number of nitrogen functional groups attached to an aromatic ring is 1. The van der Waals surface area contributed by atoms with Crippen molar-refractivity contribution in [1.82, 2.24) is 5.32 Å². The zero-order valence-corrected chi connectivity index (χ0v) is 13.0. The van der Waals surface area contributed by atoms with E-state index in [1.165, 1.54) is 11.3 Å². The first-order valence-corrected chi connectivity index (χ1v) is 7.63. The molecule has 1 aromatic heterocycles. The van der Waals surface area contributed by atoms with Crippen molar-refractivity contribution in [3.05, 3.63) is 23.1 Å². The number of amides is 1. The lowest BCUT2D eigenvalue weighted by atomic mass is 10.1. The summed E-state index contributed by atoms with van der Waals surface area (Å²) < 4.78 is 6.11. The number of benzene rings is 1. The highest BCUT2D eigenvalue weighted by Crippen LogP contribution is 2.35. The summed E-state index contributed by atoms with van der Waals surface area (Å²) in [4.78, 5) is 12.7. The number of nitrogens with two attached hydrogens (primary N) is 1. The van der Waals surface area contributed by atoms with E-state index in [1.54, 1.807) is 7.11 Å². The minimum atomic E-state index is -0.169. The third-order valence-corrected chi connectivity index (χ3v) is 4.54.